The lowest BCUT2D eigenvalue weighted by molar-refractivity contribution is -0.154. The van der Waals surface area contributed by atoms with E-state index in [1.165, 1.54) is 0 Å². The van der Waals surface area contributed by atoms with E-state index >= 15 is 0 Å². The summed E-state index contributed by atoms with van der Waals surface area (Å²) in [5.41, 5.74) is 1.38. The summed E-state index contributed by atoms with van der Waals surface area (Å²) >= 11 is 0. The van der Waals surface area contributed by atoms with Crippen molar-refractivity contribution in [3.05, 3.63) is 59.9 Å². The smallest absolute Gasteiger partial charge is 0.332 e. The summed E-state index contributed by atoms with van der Waals surface area (Å²) in [7, 11) is 0. The number of hydrogen-bond acceptors (Lipinski definition) is 4. The zero-order chi connectivity index (χ0) is 16.2. The van der Waals surface area contributed by atoms with Crippen molar-refractivity contribution in [2.24, 2.45) is 0 Å². The Balaban J connectivity index is 1.81. The number of esters is 1. The van der Waals surface area contributed by atoms with Crippen LogP contribution in [0.4, 0.5) is 0 Å². The van der Waals surface area contributed by atoms with E-state index in [9.17, 15) is 9.59 Å². The van der Waals surface area contributed by atoms with E-state index in [-0.39, 0.29) is 12.5 Å². The van der Waals surface area contributed by atoms with E-state index in [0.29, 0.717) is 18.8 Å². The van der Waals surface area contributed by atoms with Crippen LogP contribution in [0.25, 0.3) is 0 Å². The lowest BCUT2D eigenvalue weighted by atomic mass is 10.1. The third-order valence-electron chi connectivity index (χ3n) is 3.65. The highest BCUT2D eigenvalue weighted by atomic mass is 16.6. The van der Waals surface area contributed by atoms with Gasteiger partial charge in [0.1, 0.15) is 6.61 Å². The van der Waals surface area contributed by atoms with E-state index in [1.54, 1.807) is 17.9 Å². The average Bonchev–Trinajstić information content (AvgIpc) is 3.15. The van der Waals surface area contributed by atoms with Gasteiger partial charge < -0.3 is 14.0 Å². The molecule has 2 heterocycles. The second kappa shape index (κ2) is 6.66. The van der Waals surface area contributed by atoms with Gasteiger partial charge in [0.05, 0.1) is 13.3 Å². The van der Waals surface area contributed by atoms with Gasteiger partial charge in [-0.15, -0.1) is 0 Å². The van der Waals surface area contributed by atoms with Crippen molar-refractivity contribution in [3.8, 4) is 0 Å². The topological polar surface area (TPSA) is 60.8 Å². The molecule has 0 spiro atoms. The Morgan fingerprint density at radius 2 is 1.91 bits per heavy atom. The summed E-state index contributed by atoms with van der Waals surface area (Å²) in [6, 6.07) is 11.1. The number of nitrogens with zero attached hydrogens (tertiary/aromatic N) is 2. The Labute approximate surface area is 134 Å². The molecular formula is C17H18N2O4. The molecule has 1 aromatic heterocycles. The first-order valence-corrected chi connectivity index (χ1v) is 7.48. The van der Waals surface area contributed by atoms with E-state index < -0.39 is 12.2 Å². The third-order valence-corrected chi connectivity index (χ3v) is 3.65. The molecule has 0 saturated heterocycles. The predicted octanol–water partition coefficient (Wildman–Crippen LogP) is 2.18. The molecule has 0 bridgehead atoms. The molecule has 1 aliphatic heterocycles. The van der Waals surface area contributed by atoms with E-state index in [1.807, 2.05) is 47.3 Å². The van der Waals surface area contributed by atoms with Crippen molar-refractivity contribution in [2.75, 3.05) is 13.2 Å². The number of carbonyl (C=O) groups is 2. The van der Waals surface area contributed by atoms with E-state index in [4.69, 9.17) is 9.47 Å². The van der Waals surface area contributed by atoms with Gasteiger partial charge in [-0.2, -0.15) is 0 Å². The number of ether oxygens (including phenoxy) is 2. The minimum Gasteiger partial charge on any atom is -0.464 e. The summed E-state index contributed by atoms with van der Waals surface area (Å²) in [6.45, 7) is 2.20. The molecule has 23 heavy (non-hydrogen) atoms. The molecule has 0 radical (unpaired) electrons. The Morgan fingerprint density at radius 3 is 2.65 bits per heavy atom. The van der Waals surface area contributed by atoms with Crippen molar-refractivity contribution < 1.29 is 19.1 Å². The van der Waals surface area contributed by atoms with E-state index in [0.717, 1.165) is 5.56 Å². The highest BCUT2D eigenvalue weighted by Crippen LogP contribution is 2.34. The van der Waals surface area contributed by atoms with Crippen LogP contribution < -0.4 is 0 Å². The predicted molar refractivity (Wildman–Crippen MR) is 82.4 cm³/mol. The number of carbonyl (C=O) groups excluding carboxylic acids is 2. The minimum atomic E-state index is -0.592. The number of amides is 1. The van der Waals surface area contributed by atoms with Gasteiger partial charge >= 0.3 is 5.97 Å². The van der Waals surface area contributed by atoms with Crippen LogP contribution in [0, 0.1) is 0 Å². The molecule has 1 unspecified atom stereocenters. The molecule has 2 aromatic rings. The normalized spacial score (nSPS) is 16.5. The fourth-order valence-electron chi connectivity index (χ4n) is 2.64. The maximum absolute atomic E-state index is 12.6. The molecular weight excluding hydrogens is 296 g/mol. The highest BCUT2D eigenvalue weighted by Gasteiger charge is 2.37. The summed E-state index contributed by atoms with van der Waals surface area (Å²) in [5.74, 6) is -0.548. The lowest BCUT2D eigenvalue weighted by Crippen LogP contribution is -2.32. The van der Waals surface area contributed by atoms with Crippen LogP contribution in [-0.4, -0.2) is 34.6 Å². The average molecular weight is 314 g/mol. The summed E-state index contributed by atoms with van der Waals surface area (Å²) in [5, 5.41) is 0. The molecule has 1 aromatic carbocycles. The molecule has 0 fully saturated rings. The first kappa shape index (κ1) is 15.3. The van der Waals surface area contributed by atoms with Gasteiger partial charge in [-0.25, -0.2) is 4.79 Å². The SMILES string of the molecule is CCOC(=O)COC1c2ccccc2C(=O)N1Cn1cccc1. The van der Waals surface area contributed by atoms with Gasteiger partial charge in [-0.3, -0.25) is 9.69 Å². The van der Waals surface area contributed by atoms with Crippen molar-refractivity contribution in [1.82, 2.24) is 9.47 Å². The summed E-state index contributed by atoms with van der Waals surface area (Å²) in [4.78, 5) is 25.8. The molecule has 6 heteroatoms. The molecule has 1 aliphatic rings. The molecule has 0 saturated carbocycles. The van der Waals surface area contributed by atoms with Gasteiger partial charge in [-0.05, 0) is 25.1 Å². The third kappa shape index (κ3) is 3.12. The van der Waals surface area contributed by atoms with Crippen LogP contribution >= 0.6 is 0 Å². The molecule has 1 amide bonds. The van der Waals surface area contributed by atoms with Crippen LogP contribution in [0.3, 0.4) is 0 Å². The van der Waals surface area contributed by atoms with Crippen molar-refractivity contribution >= 4 is 11.9 Å². The van der Waals surface area contributed by atoms with Crippen LogP contribution in [0.15, 0.2) is 48.8 Å². The number of aromatic nitrogens is 1. The van der Waals surface area contributed by atoms with Crippen LogP contribution in [-0.2, 0) is 20.9 Å². The first-order valence-electron chi connectivity index (χ1n) is 7.48. The standard InChI is InChI=1S/C17H18N2O4/c1-2-22-15(20)11-23-17-14-8-4-3-7-13(14)16(21)19(17)12-18-9-5-6-10-18/h3-10,17H,2,11-12H2,1H3. The van der Waals surface area contributed by atoms with Crippen molar-refractivity contribution in [2.45, 2.75) is 19.8 Å². The van der Waals surface area contributed by atoms with Gasteiger partial charge in [0.25, 0.3) is 5.91 Å². The monoisotopic (exact) mass is 314 g/mol. The second-order valence-corrected chi connectivity index (χ2v) is 5.17. The van der Waals surface area contributed by atoms with Crippen molar-refractivity contribution in [1.29, 1.82) is 0 Å². The molecule has 3 rings (SSSR count). The van der Waals surface area contributed by atoms with Gasteiger partial charge in [0, 0.05) is 23.5 Å². The quantitative estimate of drug-likeness (QED) is 0.767. The fraction of sp³-hybridized carbons (Fsp3) is 0.294. The number of hydrogen-bond donors (Lipinski definition) is 0. The Morgan fingerprint density at radius 1 is 1.17 bits per heavy atom. The molecule has 1 atom stereocenters. The number of benzene rings is 1. The molecule has 0 aliphatic carbocycles. The fourth-order valence-corrected chi connectivity index (χ4v) is 2.64. The maximum Gasteiger partial charge on any atom is 0.332 e. The summed E-state index contributed by atoms with van der Waals surface area (Å²) < 4.78 is 12.5. The first-order chi connectivity index (χ1) is 11.2. The summed E-state index contributed by atoms with van der Waals surface area (Å²) in [6.07, 6.45) is 3.16. The molecule has 0 N–H and O–H groups in total. The second-order valence-electron chi connectivity index (χ2n) is 5.17. The van der Waals surface area contributed by atoms with Crippen LogP contribution in [0.1, 0.15) is 29.1 Å². The largest absolute Gasteiger partial charge is 0.464 e. The van der Waals surface area contributed by atoms with Gasteiger partial charge in [0.2, 0.25) is 0 Å². The Hall–Kier alpha value is -2.60. The molecule has 120 valence electrons. The maximum atomic E-state index is 12.6. The zero-order valence-corrected chi connectivity index (χ0v) is 12.8. The highest BCUT2D eigenvalue weighted by molar-refractivity contribution is 5.98. The Kier molecular flexibility index (Phi) is 4.43. The minimum absolute atomic E-state index is 0.108. The van der Waals surface area contributed by atoms with Gasteiger partial charge in [-0.1, -0.05) is 18.2 Å². The van der Waals surface area contributed by atoms with Crippen LogP contribution in [0.5, 0.6) is 0 Å². The van der Waals surface area contributed by atoms with Gasteiger partial charge in [0.15, 0.2) is 6.23 Å². The zero-order valence-electron chi connectivity index (χ0n) is 12.8. The number of rotatable bonds is 6. The number of fused-ring (bicyclic) bond motifs is 1. The van der Waals surface area contributed by atoms with Crippen molar-refractivity contribution in [3.63, 3.8) is 0 Å². The Bertz CT molecular complexity index is 696. The van der Waals surface area contributed by atoms with Crippen LogP contribution in [0.2, 0.25) is 0 Å². The lowest BCUT2D eigenvalue weighted by Gasteiger charge is -2.25. The van der Waals surface area contributed by atoms with E-state index in [2.05, 4.69) is 0 Å². The molecule has 6 nitrogen and oxygen atoms in total.